The first-order chi connectivity index (χ1) is 11.1. The van der Waals surface area contributed by atoms with E-state index < -0.39 is 0 Å². The quantitative estimate of drug-likeness (QED) is 0.816. The molecule has 0 aliphatic rings. The zero-order valence-electron chi connectivity index (χ0n) is 12.8. The van der Waals surface area contributed by atoms with Crippen molar-refractivity contribution >= 4 is 23.2 Å². The second kappa shape index (κ2) is 8.09. The summed E-state index contributed by atoms with van der Waals surface area (Å²) in [5.74, 6) is 0.721. The second-order valence-corrected chi connectivity index (χ2v) is 5.01. The molecule has 6 nitrogen and oxygen atoms in total. The van der Waals surface area contributed by atoms with Crippen molar-refractivity contribution in [1.82, 2.24) is 15.6 Å². The molecular formula is C16H17N3O3S. The van der Waals surface area contributed by atoms with E-state index in [1.54, 1.807) is 30.6 Å². The number of carbonyl (C=O) groups is 1. The third-order valence-electron chi connectivity index (χ3n) is 3.02. The summed E-state index contributed by atoms with van der Waals surface area (Å²) in [6.07, 6.45) is 3.42. The predicted molar refractivity (Wildman–Crippen MR) is 90.7 cm³/mol. The topological polar surface area (TPSA) is 72.5 Å². The largest absolute Gasteiger partial charge is 0.497 e. The van der Waals surface area contributed by atoms with Crippen LogP contribution in [-0.2, 0) is 6.54 Å². The number of ether oxygens (including phenoxy) is 2. The summed E-state index contributed by atoms with van der Waals surface area (Å²) in [5.41, 5.74) is 1.36. The summed E-state index contributed by atoms with van der Waals surface area (Å²) >= 11 is 5.13. The van der Waals surface area contributed by atoms with Crippen molar-refractivity contribution in [3.05, 3.63) is 53.9 Å². The number of rotatable bonds is 5. The lowest BCUT2D eigenvalue weighted by Crippen LogP contribution is -2.38. The van der Waals surface area contributed by atoms with Crippen molar-refractivity contribution in [3.63, 3.8) is 0 Å². The lowest BCUT2D eigenvalue weighted by molar-refractivity contribution is 0.0976. The van der Waals surface area contributed by atoms with Crippen LogP contribution in [0.15, 0.2) is 42.7 Å². The summed E-state index contributed by atoms with van der Waals surface area (Å²) in [6.45, 7) is 0.481. The summed E-state index contributed by atoms with van der Waals surface area (Å²) in [5, 5.41) is 5.81. The molecule has 7 heteroatoms. The molecule has 0 saturated heterocycles. The minimum Gasteiger partial charge on any atom is -0.497 e. The Labute approximate surface area is 139 Å². The zero-order valence-corrected chi connectivity index (χ0v) is 13.6. The maximum atomic E-state index is 12.2. The number of hydrogen-bond donors (Lipinski definition) is 2. The van der Waals surface area contributed by atoms with Crippen molar-refractivity contribution < 1.29 is 14.3 Å². The van der Waals surface area contributed by atoms with Gasteiger partial charge in [-0.05, 0) is 36.0 Å². The highest BCUT2D eigenvalue weighted by atomic mass is 32.1. The average molecular weight is 331 g/mol. The molecule has 0 aliphatic heterocycles. The van der Waals surface area contributed by atoms with E-state index in [-0.39, 0.29) is 11.0 Å². The number of aromatic nitrogens is 1. The number of pyridine rings is 1. The van der Waals surface area contributed by atoms with E-state index >= 15 is 0 Å². The maximum absolute atomic E-state index is 12.2. The van der Waals surface area contributed by atoms with Crippen LogP contribution in [0.4, 0.5) is 0 Å². The van der Waals surface area contributed by atoms with Crippen molar-refractivity contribution in [3.8, 4) is 11.5 Å². The molecule has 2 aromatic rings. The Morgan fingerprint density at radius 1 is 1.22 bits per heavy atom. The Balaban J connectivity index is 1.97. The molecule has 2 rings (SSSR count). The van der Waals surface area contributed by atoms with Crippen LogP contribution in [0, 0.1) is 0 Å². The van der Waals surface area contributed by atoms with E-state index in [1.165, 1.54) is 14.2 Å². The third kappa shape index (κ3) is 4.93. The van der Waals surface area contributed by atoms with Crippen molar-refractivity contribution in [2.45, 2.75) is 6.54 Å². The Morgan fingerprint density at radius 3 is 2.48 bits per heavy atom. The van der Waals surface area contributed by atoms with Gasteiger partial charge in [-0.15, -0.1) is 0 Å². The van der Waals surface area contributed by atoms with E-state index in [2.05, 4.69) is 15.6 Å². The van der Waals surface area contributed by atoms with Gasteiger partial charge in [0.2, 0.25) is 0 Å². The van der Waals surface area contributed by atoms with Crippen LogP contribution < -0.4 is 20.1 Å². The number of hydrogen-bond acceptors (Lipinski definition) is 5. The second-order valence-electron chi connectivity index (χ2n) is 4.60. The molecule has 1 heterocycles. The third-order valence-corrected chi connectivity index (χ3v) is 3.26. The molecule has 0 atom stereocenters. The number of nitrogens with one attached hydrogen (secondary N) is 2. The standard InChI is InChI=1S/C16H17N3O3S/c1-21-13-6-12(7-14(8-13)22-2)15(20)19-16(23)18-10-11-4-3-5-17-9-11/h3-9H,10H2,1-2H3,(H2,18,19,20,23). The van der Waals surface area contributed by atoms with Gasteiger partial charge in [-0.3, -0.25) is 15.1 Å². The molecular weight excluding hydrogens is 314 g/mol. The summed E-state index contributed by atoms with van der Waals surface area (Å²) in [4.78, 5) is 16.3. The monoisotopic (exact) mass is 331 g/mol. The number of thiocarbonyl (C=S) groups is 1. The molecule has 0 radical (unpaired) electrons. The van der Waals surface area contributed by atoms with Crippen LogP contribution in [0.1, 0.15) is 15.9 Å². The summed E-state index contributed by atoms with van der Waals surface area (Å²) in [6, 6.07) is 8.66. The van der Waals surface area contributed by atoms with Crippen LogP contribution >= 0.6 is 12.2 Å². The first-order valence-corrected chi connectivity index (χ1v) is 7.24. The fourth-order valence-electron chi connectivity index (χ4n) is 1.84. The molecule has 23 heavy (non-hydrogen) atoms. The Hall–Kier alpha value is -2.67. The minimum atomic E-state index is -0.342. The van der Waals surface area contributed by atoms with Crippen molar-refractivity contribution in [2.24, 2.45) is 0 Å². The van der Waals surface area contributed by atoms with Gasteiger partial charge in [-0.1, -0.05) is 6.07 Å². The highest BCUT2D eigenvalue weighted by Crippen LogP contribution is 2.22. The molecule has 2 N–H and O–H groups in total. The highest BCUT2D eigenvalue weighted by molar-refractivity contribution is 7.80. The first-order valence-electron chi connectivity index (χ1n) is 6.83. The van der Waals surface area contributed by atoms with Gasteiger partial charge in [0.05, 0.1) is 14.2 Å². The SMILES string of the molecule is COc1cc(OC)cc(C(=O)NC(=S)NCc2cccnc2)c1. The maximum Gasteiger partial charge on any atom is 0.257 e. The minimum absolute atomic E-state index is 0.237. The summed E-state index contributed by atoms with van der Waals surface area (Å²) < 4.78 is 10.3. The molecule has 1 amide bonds. The van der Waals surface area contributed by atoms with Gasteiger partial charge < -0.3 is 14.8 Å². The Bertz CT molecular complexity index is 670. The van der Waals surface area contributed by atoms with Gasteiger partial charge in [0, 0.05) is 30.6 Å². The van der Waals surface area contributed by atoms with Gasteiger partial charge >= 0.3 is 0 Å². The van der Waals surface area contributed by atoms with Crippen LogP contribution in [0.5, 0.6) is 11.5 Å². The predicted octanol–water partition coefficient (Wildman–Crippen LogP) is 1.90. The normalized spacial score (nSPS) is 9.83. The van der Waals surface area contributed by atoms with Crippen LogP contribution in [0.3, 0.4) is 0 Å². The molecule has 1 aromatic heterocycles. The number of amides is 1. The number of benzene rings is 1. The van der Waals surface area contributed by atoms with Gasteiger partial charge in [-0.2, -0.15) is 0 Å². The molecule has 1 aromatic carbocycles. The van der Waals surface area contributed by atoms with Gasteiger partial charge in [0.25, 0.3) is 5.91 Å². The number of carbonyl (C=O) groups excluding carboxylic acids is 1. The smallest absolute Gasteiger partial charge is 0.257 e. The fraction of sp³-hybridized carbons (Fsp3) is 0.188. The molecule has 0 fully saturated rings. The van der Waals surface area contributed by atoms with E-state index in [9.17, 15) is 4.79 Å². The lowest BCUT2D eigenvalue weighted by Gasteiger charge is -2.11. The highest BCUT2D eigenvalue weighted by Gasteiger charge is 2.11. The zero-order chi connectivity index (χ0) is 16.7. The first kappa shape index (κ1) is 16.7. The summed E-state index contributed by atoms with van der Waals surface area (Å²) in [7, 11) is 3.05. The average Bonchev–Trinajstić information content (AvgIpc) is 2.60. The van der Waals surface area contributed by atoms with E-state index in [0.717, 1.165) is 5.56 Å². The van der Waals surface area contributed by atoms with Gasteiger partial charge in [-0.25, -0.2) is 0 Å². The fourth-order valence-corrected chi connectivity index (χ4v) is 2.01. The van der Waals surface area contributed by atoms with E-state index in [1.807, 2.05) is 12.1 Å². The van der Waals surface area contributed by atoms with Gasteiger partial charge in [0.15, 0.2) is 5.11 Å². The molecule has 0 aliphatic carbocycles. The van der Waals surface area contributed by atoms with E-state index in [4.69, 9.17) is 21.7 Å². The number of methoxy groups -OCH3 is 2. The molecule has 0 saturated carbocycles. The van der Waals surface area contributed by atoms with Gasteiger partial charge in [0.1, 0.15) is 11.5 Å². The van der Waals surface area contributed by atoms with Crippen LogP contribution in [-0.4, -0.2) is 30.2 Å². The van der Waals surface area contributed by atoms with Crippen LogP contribution in [0.2, 0.25) is 0 Å². The molecule has 120 valence electrons. The lowest BCUT2D eigenvalue weighted by atomic mass is 10.2. The molecule has 0 bridgehead atoms. The van der Waals surface area contributed by atoms with Crippen molar-refractivity contribution in [1.29, 1.82) is 0 Å². The van der Waals surface area contributed by atoms with E-state index in [0.29, 0.717) is 23.6 Å². The van der Waals surface area contributed by atoms with Crippen LogP contribution in [0.25, 0.3) is 0 Å². The Morgan fingerprint density at radius 2 is 1.91 bits per heavy atom. The Kier molecular flexibility index (Phi) is 5.87. The molecule has 0 unspecified atom stereocenters. The number of nitrogens with zero attached hydrogens (tertiary/aromatic N) is 1. The molecule has 0 spiro atoms. The van der Waals surface area contributed by atoms with Crippen molar-refractivity contribution in [2.75, 3.05) is 14.2 Å².